The second-order valence-corrected chi connectivity index (χ2v) is 13.3. The van der Waals surface area contributed by atoms with Gasteiger partial charge in [-0.25, -0.2) is 4.79 Å². The monoisotopic (exact) mass is 465 g/mol. The first kappa shape index (κ1) is 25.8. The molecular weight excluding hydrogens is 422 g/mol. The molecule has 2 saturated carbocycles. The number of alkyl carbamates (subject to hydrolysis) is 1. The van der Waals surface area contributed by atoms with Crippen LogP contribution in [0.1, 0.15) is 75.2 Å². The molecule has 1 heterocycles. The van der Waals surface area contributed by atoms with Crippen LogP contribution in [-0.4, -0.2) is 64.3 Å². The van der Waals surface area contributed by atoms with E-state index in [1.54, 1.807) is 25.7 Å². The molecule has 3 aliphatic rings. The van der Waals surface area contributed by atoms with Crippen LogP contribution in [0.5, 0.6) is 0 Å². The Labute approximate surface area is 198 Å². The molecule has 0 spiro atoms. The van der Waals surface area contributed by atoms with Gasteiger partial charge in [-0.2, -0.15) is 0 Å². The topological polar surface area (TPSA) is 108 Å². The summed E-state index contributed by atoms with van der Waals surface area (Å²) in [6.45, 7) is 17.7. The zero-order valence-electron chi connectivity index (χ0n) is 21.7. The number of likely N-dealkylation sites (tertiary alicyclic amines) is 1. The lowest BCUT2D eigenvalue weighted by molar-refractivity contribution is -0.145. The van der Waals surface area contributed by atoms with Crippen molar-refractivity contribution in [2.75, 3.05) is 13.2 Å². The summed E-state index contributed by atoms with van der Waals surface area (Å²) in [7, 11) is 0. The van der Waals surface area contributed by atoms with Crippen LogP contribution >= 0.6 is 0 Å². The zero-order valence-corrected chi connectivity index (χ0v) is 21.7. The van der Waals surface area contributed by atoms with Crippen molar-refractivity contribution in [2.24, 2.45) is 28.6 Å². The largest absolute Gasteiger partial charge is 0.444 e. The molecule has 1 aliphatic heterocycles. The van der Waals surface area contributed by atoms with E-state index < -0.39 is 34.7 Å². The number of hydrogen-bond donors (Lipinski definition) is 3. The first-order valence-corrected chi connectivity index (χ1v) is 12.1. The number of ether oxygens (including phenoxy) is 1. The minimum atomic E-state index is -0.834. The molecule has 8 nitrogen and oxygen atoms in total. The number of carbonyl (C=O) groups is 3. The minimum absolute atomic E-state index is 0.0199. The van der Waals surface area contributed by atoms with Crippen molar-refractivity contribution in [3.63, 3.8) is 0 Å². The molecule has 33 heavy (non-hydrogen) atoms. The van der Waals surface area contributed by atoms with Crippen LogP contribution in [-0.2, 0) is 14.3 Å². The van der Waals surface area contributed by atoms with Gasteiger partial charge in [0.15, 0.2) is 0 Å². The van der Waals surface area contributed by atoms with E-state index >= 15 is 0 Å². The van der Waals surface area contributed by atoms with E-state index in [0.717, 1.165) is 12.8 Å². The molecule has 8 heteroatoms. The van der Waals surface area contributed by atoms with Crippen LogP contribution in [0.15, 0.2) is 0 Å². The van der Waals surface area contributed by atoms with Crippen LogP contribution in [0.4, 0.5) is 4.79 Å². The highest BCUT2D eigenvalue weighted by Gasteiger charge is 2.70. The van der Waals surface area contributed by atoms with Crippen LogP contribution in [0.3, 0.4) is 0 Å². The Morgan fingerprint density at radius 1 is 1.12 bits per heavy atom. The first-order valence-electron chi connectivity index (χ1n) is 12.1. The van der Waals surface area contributed by atoms with Crippen molar-refractivity contribution >= 4 is 17.9 Å². The molecular formula is C25H43N3O5. The number of rotatable bonds is 5. The SMILES string of the molecule is CC1CC(CO)(NC(=O)C2C3C(CN2C(=O)C(NC(=O)OC(C)(C)C)C(C)(C)C)C3(C)C)C1. The van der Waals surface area contributed by atoms with Crippen molar-refractivity contribution in [3.05, 3.63) is 0 Å². The summed E-state index contributed by atoms with van der Waals surface area (Å²) < 4.78 is 5.40. The molecule has 0 aromatic carbocycles. The van der Waals surface area contributed by atoms with Gasteiger partial charge < -0.3 is 25.4 Å². The second-order valence-electron chi connectivity index (χ2n) is 13.3. The number of nitrogens with one attached hydrogen (secondary N) is 2. The Hall–Kier alpha value is -1.83. The van der Waals surface area contributed by atoms with Gasteiger partial charge in [0.2, 0.25) is 11.8 Å². The van der Waals surface area contributed by atoms with Crippen molar-refractivity contribution in [1.82, 2.24) is 15.5 Å². The highest BCUT2D eigenvalue weighted by Crippen LogP contribution is 2.65. The molecule has 0 aromatic heterocycles. The summed E-state index contributed by atoms with van der Waals surface area (Å²) in [6, 6.07) is -1.44. The zero-order chi connectivity index (χ0) is 25.1. The molecule has 3 fully saturated rings. The van der Waals surface area contributed by atoms with E-state index in [9.17, 15) is 19.5 Å². The maximum absolute atomic E-state index is 13.8. The molecule has 1 saturated heterocycles. The summed E-state index contributed by atoms with van der Waals surface area (Å²) in [5.74, 6) is 0.289. The van der Waals surface area contributed by atoms with Crippen LogP contribution in [0, 0.1) is 28.6 Å². The summed E-state index contributed by atoms with van der Waals surface area (Å²) in [6.07, 6.45) is 0.820. The van der Waals surface area contributed by atoms with Crippen LogP contribution in [0.2, 0.25) is 0 Å². The predicted molar refractivity (Wildman–Crippen MR) is 125 cm³/mol. The lowest BCUT2D eigenvalue weighted by Crippen LogP contribution is -2.64. The molecule has 0 aromatic rings. The predicted octanol–water partition coefficient (Wildman–Crippen LogP) is 2.69. The molecule has 3 amide bonds. The van der Waals surface area contributed by atoms with Gasteiger partial charge in [0.1, 0.15) is 17.7 Å². The Morgan fingerprint density at radius 2 is 1.70 bits per heavy atom. The van der Waals surface area contributed by atoms with E-state index in [-0.39, 0.29) is 35.7 Å². The molecule has 3 rings (SSSR count). The first-order chi connectivity index (χ1) is 14.9. The number of hydrogen-bond acceptors (Lipinski definition) is 5. The van der Waals surface area contributed by atoms with Gasteiger partial charge in [-0.15, -0.1) is 0 Å². The van der Waals surface area contributed by atoms with Crippen LogP contribution in [0.25, 0.3) is 0 Å². The van der Waals surface area contributed by atoms with E-state index in [4.69, 9.17) is 4.74 Å². The van der Waals surface area contributed by atoms with E-state index in [1.807, 2.05) is 20.8 Å². The Balaban J connectivity index is 1.81. The van der Waals surface area contributed by atoms with E-state index in [0.29, 0.717) is 12.5 Å². The molecule has 0 radical (unpaired) electrons. The van der Waals surface area contributed by atoms with Gasteiger partial charge in [0, 0.05) is 6.54 Å². The number of amides is 3. The molecule has 188 valence electrons. The third-order valence-electron chi connectivity index (χ3n) is 7.70. The number of aliphatic hydroxyl groups excluding tert-OH is 1. The fraction of sp³-hybridized carbons (Fsp3) is 0.880. The lowest BCUT2D eigenvalue weighted by Gasteiger charge is -2.47. The standard InChI is InChI=1S/C25H43N3O5/c1-14-10-25(11-14,13-29)27-19(30)17-16-15(24(16,8)9)12-28(17)20(31)18(22(2,3)4)26-21(32)33-23(5,6)7/h14-18,29H,10-13H2,1-9H3,(H,26,32)(H,27,30). The van der Waals surface area contributed by atoms with Gasteiger partial charge in [-0.3, -0.25) is 9.59 Å². The number of fused-ring (bicyclic) bond motifs is 1. The maximum Gasteiger partial charge on any atom is 0.408 e. The van der Waals surface area contributed by atoms with Gasteiger partial charge in [-0.05, 0) is 62.2 Å². The fourth-order valence-electron chi connectivity index (χ4n) is 5.93. The minimum Gasteiger partial charge on any atom is -0.444 e. The second kappa shape index (κ2) is 8.14. The average molecular weight is 466 g/mol. The summed E-state index contributed by atoms with van der Waals surface area (Å²) in [4.78, 5) is 41.5. The fourth-order valence-corrected chi connectivity index (χ4v) is 5.93. The third kappa shape index (κ3) is 5.00. The van der Waals surface area contributed by atoms with Crippen molar-refractivity contribution < 1.29 is 24.2 Å². The number of piperidine rings is 1. The lowest BCUT2D eigenvalue weighted by atomic mass is 9.69. The highest BCUT2D eigenvalue weighted by atomic mass is 16.6. The smallest absolute Gasteiger partial charge is 0.408 e. The Kier molecular flexibility index (Phi) is 6.36. The summed E-state index contributed by atoms with van der Waals surface area (Å²) in [5, 5.41) is 15.8. The molecule has 3 N–H and O–H groups in total. The number of nitrogens with zero attached hydrogens (tertiary/aromatic N) is 1. The Bertz CT molecular complexity index is 804. The summed E-state index contributed by atoms with van der Waals surface area (Å²) in [5.41, 5.74) is -1.88. The molecule has 0 bridgehead atoms. The molecule has 4 unspecified atom stereocenters. The normalized spacial score (nSPS) is 33.5. The number of aliphatic hydroxyl groups is 1. The number of carbonyl (C=O) groups excluding carboxylic acids is 3. The van der Waals surface area contributed by atoms with Crippen molar-refractivity contribution in [2.45, 2.75) is 98.4 Å². The van der Waals surface area contributed by atoms with Gasteiger partial charge in [0.25, 0.3) is 0 Å². The maximum atomic E-state index is 13.8. The Morgan fingerprint density at radius 3 is 2.15 bits per heavy atom. The quantitative estimate of drug-likeness (QED) is 0.579. The third-order valence-corrected chi connectivity index (χ3v) is 7.70. The van der Waals surface area contributed by atoms with Crippen molar-refractivity contribution in [1.29, 1.82) is 0 Å². The van der Waals surface area contributed by atoms with Crippen molar-refractivity contribution in [3.8, 4) is 0 Å². The van der Waals surface area contributed by atoms with Gasteiger partial charge in [0.05, 0.1) is 12.1 Å². The summed E-state index contributed by atoms with van der Waals surface area (Å²) >= 11 is 0. The molecule has 4 atom stereocenters. The average Bonchev–Trinajstić information content (AvgIpc) is 2.98. The highest BCUT2D eigenvalue weighted by molar-refractivity contribution is 5.93. The van der Waals surface area contributed by atoms with E-state index in [2.05, 4.69) is 31.4 Å². The van der Waals surface area contributed by atoms with Gasteiger partial charge >= 0.3 is 6.09 Å². The van der Waals surface area contributed by atoms with Gasteiger partial charge in [-0.1, -0.05) is 41.5 Å². The molecule has 2 aliphatic carbocycles. The van der Waals surface area contributed by atoms with Crippen LogP contribution < -0.4 is 10.6 Å². The van der Waals surface area contributed by atoms with E-state index in [1.165, 1.54) is 0 Å².